The molecule has 0 bridgehead atoms. The number of alkyl halides is 6. The van der Waals surface area contributed by atoms with E-state index >= 15 is 0 Å². The number of hydrogen-bond acceptors (Lipinski definition) is 0. The van der Waals surface area contributed by atoms with E-state index in [0.717, 1.165) is 61.3 Å². The monoisotopic (exact) mass is 832 g/mol. The van der Waals surface area contributed by atoms with Crippen molar-refractivity contribution in [2.24, 2.45) is 0 Å². The predicted octanol–water partition coefficient (Wildman–Crippen LogP) is 6.40. The minimum absolute atomic E-state index is 0. The van der Waals surface area contributed by atoms with Crippen LogP contribution in [0, 0.1) is 33.8 Å². The van der Waals surface area contributed by atoms with Gasteiger partial charge in [0, 0.05) is 0 Å². The Morgan fingerprint density at radius 3 is 1.54 bits per heavy atom. The zero-order chi connectivity index (χ0) is 37.2. The smallest absolute Gasteiger partial charge is 1.00 e. The first kappa shape index (κ1) is 45.3. The summed E-state index contributed by atoms with van der Waals surface area (Å²) < 4.78 is 75.6. The van der Waals surface area contributed by atoms with Gasteiger partial charge in [0.1, 0.15) is 0 Å². The molecule has 0 saturated carbocycles. The van der Waals surface area contributed by atoms with Crippen LogP contribution in [-0.4, -0.2) is 3.21 Å². The molecule has 0 atom stereocenters. The predicted molar refractivity (Wildman–Crippen MR) is 189 cm³/mol. The Bertz CT molecular complexity index is 1850. The molecule has 52 heavy (non-hydrogen) atoms. The molecular weight excluding hydrogens is 793 g/mol. The number of hydrogen-bond donors (Lipinski definition) is 0. The summed E-state index contributed by atoms with van der Waals surface area (Å²) in [4.78, 5) is 0. The molecule has 0 amide bonds. The minimum atomic E-state index is -4.41. The molecule has 276 valence electrons. The second-order valence-corrected chi connectivity index (χ2v) is 15.1. The van der Waals surface area contributed by atoms with Crippen LogP contribution in [0.15, 0.2) is 84.9 Å². The Balaban J connectivity index is 0.000000279. The summed E-state index contributed by atoms with van der Waals surface area (Å²) in [6.07, 6.45) is -6.62. The third-order valence-corrected chi connectivity index (χ3v) is 10.5. The van der Waals surface area contributed by atoms with Crippen LogP contribution in [0.5, 0.6) is 0 Å². The summed E-state index contributed by atoms with van der Waals surface area (Å²) in [6, 6.07) is 26.4. The Kier molecular flexibility index (Phi) is 15.7. The van der Waals surface area contributed by atoms with E-state index in [0.29, 0.717) is 19.7 Å². The molecule has 0 fully saturated rings. The number of fused-ring (bicyclic) bond motifs is 3. The number of halogens is 8. The molecule has 0 saturated heterocycles. The van der Waals surface area contributed by atoms with E-state index in [1.165, 1.54) is 79.9 Å². The summed E-state index contributed by atoms with van der Waals surface area (Å²) in [7, 11) is 0. The van der Waals surface area contributed by atoms with Gasteiger partial charge in [0.05, 0.1) is 0 Å². The average molecular weight is 835 g/mol. The second kappa shape index (κ2) is 18.0. The Labute approximate surface area is 331 Å². The van der Waals surface area contributed by atoms with E-state index < -0.39 is 23.5 Å². The van der Waals surface area contributed by atoms with Crippen LogP contribution in [0.2, 0.25) is 0 Å². The Hall–Kier alpha value is -2.86. The molecule has 0 N–H and O–H groups in total. The van der Waals surface area contributed by atoms with Gasteiger partial charge in [0.2, 0.25) is 0 Å². The van der Waals surface area contributed by atoms with Gasteiger partial charge < -0.3 is 24.8 Å². The quantitative estimate of drug-likeness (QED) is 0.143. The molecule has 6 rings (SSSR count). The van der Waals surface area contributed by atoms with E-state index in [9.17, 15) is 26.3 Å². The average Bonchev–Trinajstić information content (AvgIpc) is 3.66. The van der Waals surface area contributed by atoms with E-state index in [1.54, 1.807) is 0 Å². The fourth-order valence-electron chi connectivity index (χ4n) is 5.64. The summed E-state index contributed by atoms with van der Waals surface area (Å²) in [5.41, 5.74) is 13.9. The van der Waals surface area contributed by atoms with Crippen molar-refractivity contribution >= 4 is 3.21 Å². The minimum Gasteiger partial charge on any atom is -1.00 e. The third-order valence-electron chi connectivity index (χ3n) is 9.09. The molecule has 9 heteroatoms. The maximum Gasteiger partial charge on any atom is -1.00 e. The summed E-state index contributed by atoms with van der Waals surface area (Å²) >= 11 is 0.898. The normalized spacial score (nSPS) is 11.8. The van der Waals surface area contributed by atoms with Gasteiger partial charge in [0.25, 0.3) is 0 Å². The molecule has 0 aromatic heterocycles. The molecule has 1 aliphatic carbocycles. The van der Waals surface area contributed by atoms with Gasteiger partial charge in [-0.3, -0.25) is 0 Å². The van der Waals surface area contributed by atoms with Crippen LogP contribution in [0.3, 0.4) is 0 Å². The van der Waals surface area contributed by atoms with E-state index in [1.807, 2.05) is 0 Å². The molecule has 0 unspecified atom stereocenters. The van der Waals surface area contributed by atoms with Crippen molar-refractivity contribution in [3.05, 3.63) is 158 Å². The van der Waals surface area contributed by atoms with Gasteiger partial charge in [-0.2, -0.15) is 46.5 Å². The summed E-state index contributed by atoms with van der Waals surface area (Å²) in [6.45, 7) is 17.7. The van der Waals surface area contributed by atoms with Gasteiger partial charge in [0.15, 0.2) is 0 Å². The molecule has 0 spiro atoms. The number of rotatable bonds is 3. The van der Waals surface area contributed by atoms with Crippen LogP contribution in [0.1, 0.15) is 94.5 Å². The van der Waals surface area contributed by atoms with Crippen LogP contribution in [0.4, 0.5) is 26.3 Å². The second-order valence-electron chi connectivity index (χ2n) is 13.9. The van der Waals surface area contributed by atoms with Gasteiger partial charge in [-0.1, -0.05) is 71.1 Å². The maximum atomic E-state index is 12.5. The fourth-order valence-corrected chi connectivity index (χ4v) is 6.46. The van der Waals surface area contributed by atoms with Crippen molar-refractivity contribution in [3.63, 3.8) is 0 Å². The van der Waals surface area contributed by atoms with Gasteiger partial charge >= 0.3 is 137 Å². The van der Waals surface area contributed by atoms with Gasteiger partial charge in [-0.05, 0) is 37.0 Å². The number of benzene rings is 4. The Morgan fingerprint density at radius 1 is 0.673 bits per heavy atom. The van der Waals surface area contributed by atoms with Crippen molar-refractivity contribution in [1.29, 1.82) is 0 Å². The van der Waals surface area contributed by atoms with Crippen LogP contribution < -0.4 is 24.8 Å². The van der Waals surface area contributed by atoms with Gasteiger partial charge in [-0.15, -0.1) is 11.1 Å². The Morgan fingerprint density at radius 2 is 1.13 bits per heavy atom. The zero-order valence-corrected chi connectivity index (χ0v) is 34.5. The molecule has 1 aliphatic rings. The van der Waals surface area contributed by atoms with Crippen LogP contribution >= 0.6 is 0 Å². The molecule has 0 heterocycles. The molecule has 0 radical (unpaired) electrons. The van der Waals surface area contributed by atoms with Crippen molar-refractivity contribution < 1.29 is 75.4 Å². The molecule has 0 nitrogen and oxygen atoms in total. The molecular formula is C43H42Cl2F6Zr-2. The zero-order valence-electron chi connectivity index (χ0n) is 30.5. The van der Waals surface area contributed by atoms with Crippen molar-refractivity contribution in [3.8, 4) is 11.1 Å². The van der Waals surface area contributed by atoms with Crippen LogP contribution in [-0.2, 0) is 54.8 Å². The molecule has 5 aromatic carbocycles. The van der Waals surface area contributed by atoms with Gasteiger partial charge in [-0.25, -0.2) is 6.07 Å². The first-order valence-corrected chi connectivity index (χ1v) is 17.7. The van der Waals surface area contributed by atoms with Crippen molar-refractivity contribution in [2.45, 2.75) is 86.0 Å². The first-order valence-electron chi connectivity index (χ1n) is 16.5. The van der Waals surface area contributed by atoms with E-state index in [-0.39, 0.29) is 24.8 Å². The maximum absolute atomic E-state index is 12.5. The number of aryl methyl sites for hydroxylation is 5. The van der Waals surface area contributed by atoms with Crippen molar-refractivity contribution in [1.82, 2.24) is 0 Å². The third kappa shape index (κ3) is 11.3. The standard InChI is InChI=1S/C17H17.C15H8F6.C11H17.2ClH.Zr/c1-10-5-14-9-15-6-11(2)13(4)8-17(15)16(14)7-12(10)3;16-14(17,18)12-5-1-10(2-6-12)9-11-3-7-13(8-4-11)15(19,20)21;1-5-9-6-7-10(8-9)11(2,3)4;;;/h5,7-8H,9H2,1-4H3;1-8H;6-8H,5H2,1-4H3;2*1H;/q-1;;-1;;;+2/p-2. The largest absolute Gasteiger partial charge is 1.00 e. The van der Waals surface area contributed by atoms with Crippen molar-refractivity contribution in [2.75, 3.05) is 0 Å². The summed E-state index contributed by atoms with van der Waals surface area (Å²) in [5.74, 6) is 0. The van der Waals surface area contributed by atoms with E-state index in [2.05, 4.69) is 97.9 Å². The fraction of sp³-hybridized carbons (Fsp3) is 0.302. The molecule has 0 aliphatic heterocycles. The summed E-state index contributed by atoms with van der Waals surface area (Å²) in [5, 5.41) is 0. The SMILES string of the molecule is CCc1cc(C(C)(C)C)c[cH-]1.Cc1[c-]c2c(cc1C)-c1cc(C)c(C)cc1C2.FC(F)(F)c1ccc([C](=[Zr+2])c2ccc(C(F)(F)F)cc2)cc1.[Cl-].[Cl-]. The first-order chi connectivity index (χ1) is 23.2. The van der Waals surface area contributed by atoms with E-state index in [4.69, 9.17) is 0 Å². The topological polar surface area (TPSA) is 0 Å². The van der Waals surface area contributed by atoms with Crippen LogP contribution in [0.25, 0.3) is 11.1 Å². The molecule has 5 aromatic rings.